The fourth-order valence-corrected chi connectivity index (χ4v) is 2.33. The van der Waals surface area contributed by atoms with Gasteiger partial charge in [-0.05, 0) is 18.4 Å². The highest BCUT2D eigenvalue weighted by Crippen LogP contribution is 2.52. The Labute approximate surface area is 106 Å². The molecule has 4 nitrogen and oxygen atoms in total. The third-order valence-corrected chi connectivity index (χ3v) is 3.62. The van der Waals surface area contributed by atoms with E-state index in [1.807, 2.05) is 18.2 Å². The van der Waals surface area contributed by atoms with Crippen molar-refractivity contribution in [1.29, 1.82) is 0 Å². The minimum Gasteiger partial charge on any atom is -0.383 e. The maximum atomic E-state index is 5.90. The molecule has 0 atom stereocenters. The molecule has 0 amide bonds. The number of nitrogens with two attached hydrogens (primary N) is 2. The van der Waals surface area contributed by atoms with E-state index >= 15 is 0 Å². The van der Waals surface area contributed by atoms with Gasteiger partial charge in [0.25, 0.3) is 0 Å². The molecule has 0 radical (unpaired) electrons. The summed E-state index contributed by atoms with van der Waals surface area (Å²) < 4.78 is 0. The molecular formula is C14H16N4. The third kappa shape index (κ3) is 1.66. The molecule has 92 valence electrons. The van der Waals surface area contributed by atoms with Gasteiger partial charge in [0.2, 0.25) is 0 Å². The Morgan fingerprint density at radius 1 is 1.17 bits per heavy atom. The Hall–Kier alpha value is -1.94. The largest absolute Gasteiger partial charge is 0.383 e. The summed E-state index contributed by atoms with van der Waals surface area (Å²) in [6.45, 7) is 0.379. The molecule has 4 heteroatoms. The van der Waals surface area contributed by atoms with Gasteiger partial charge in [0.1, 0.15) is 11.6 Å². The van der Waals surface area contributed by atoms with E-state index in [0.29, 0.717) is 12.4 Å². The molecule has 0 bridgehead atoms. The summed E-state index contributed by atoms with van der Waals surface area (Å²) in [5.74, 6) is 1.33. The van der Waals surface area contributed by atoms with E-state index in [4.69, 9.17) is 11.5 Å². The quantitative estimate of drug-likeness (QED) is 0.854. The van der Waals surface area contributed by atoms with Gasteiger partial charge in [-0.2, -0.15) is 0 Å². The molecule has 1 saturated carbocycles. The van der Waals surface area contributed by atoms with Crippen LogP contribution in [0.4, 0.5) is 5.82 Å². The van der Waals surface area contributed by atoms with Crippen LogP contribution in [0.25, 0.3) is 0 Å². The van der Waals surface area contributed by atoms with Crippen LogP contribution in [0.5, 0.6) is 0 Å². The van der Waals surface area contributed by atoms with Gasteiger partial charge in [0, 0.05) is 18.3 Å². The lowest BCUT2D eigenvalue weighted by Gasteiger charge is -2.15. The van der Waals surface area contributed by atoms with E-state index in [1.165, 1.54) is 5.56 Å². The smallest absolute Gasteiger partial charge is 0.141 e. The van der Waals surface area contributed by atoms with Crippen LogP contribution >= 0.6 is 0 Å². The number of benzene rings is 1. The Kier molecular flexibility index (Phi) is 2.52. The van der Waals surface area contributed by atoms with Crippen molar-refractivity contribution in [3.8, 4) is 0 Å². The lowest BCUT2D eigenvalue weighted by Crippen LogP contribution is -2.16. The molecule has 0 unspecified atom stereocenters. The van der Waals surface area contributed by atoms with Crippen LogP contribution in [0.3, 0.4) is 0 Å². The summed E-state index contributed by atoms with van der Waals surface area (Å²) in [6, 6.07) is 10.4. The van der Waals surface area contributed by atoms with E-state index in [-0.39, 0.29) is 5.41 Å². The Balaban J connectivity index is 2.03. The number of aromatic nitrogens is 2. The number of hydrogen-bond donors (Lipinski definition) is 2. The highest BCUT2D eigenvalue weighted by atomic mass is 15.0. The van der Waals surface area contributed by atoms with Gasteiger partial charge < -0.3 is 11.5 Å². The van der Waals surface area contributed by atoms with Gasteiger partial charge in [-0.25, -0.2) is 9.97 Å². The first-order chi connectivity index (χ1) is 8.76. The summed E-state index contributed by atoms with van der Waals surface area (Å²) >= 11 is 0. The molecule has 3 rings (SSSR count). The molecule has 1 aromatic carbocycles. The first-order valence-electron chi connectivity index (χ1n) is 6.14. The zero-order chi connectivity index (χ0) is 12.6. The van der Waals surface area contributed by atoms with Crippen LogP contribution in [0.1, 0.15) is 29.8 Å². The lowest BCUT2D eigenvalue weighted by molar-refractivity contribution is 0.751. The SMILES string of the molecule is NCc1cnc(C2(c3ccccc3)CC2)nc1N. The van der Waals surface area contributed by atoms with Gasteiger partial charge in [0.05, 0.1) is 5.41 Å². The first-order valence-corrected chi connectivity index (χ1v) is 6.14. The molecule has 0 aliphatic heterocycles. The van der Waals surface area contributed by atoms with E-state index in [0.717, 1.165) is 24.2 Å². The highest BCUT2D eigenvalue weighted by Gasteiger charge is 2.48. The second-order valence-electron chi connectivity index (χ2n) is 4.76. The molecule has 0 saturated heterocycles. The van der Waals surface area contributed by atoms with Crippen molar-refractivity contribution in [1.82, 2.24) is 9.97 Å². The molecule has 1 aliphatic carbocycles. The summed E-state index contributed by atoms with van der Waals surface area (Å²) in [5.41, 5.74) is 13.5. The molecule has 2 aromatic rings. The van der Waals surface area contributed by atoms with Crippen LogP contribution in [0.2, 0.25) is 0 Å². The molecule has 4 N–H and O–H groups in total. The Morgan fingerprint density at radius 3 is 2.44 bits per heavy atom. The fourth-order valence-electron chi connectivity index (χ4n) is 2.33. The van der Waals surface area contributed by atoms with Crippen molar-refractivity contribution >= 4 is 5.82 Å². The maximum Gasteiger partial charge on any atom is 0.141 e. The first kappa shape index (κ1) is 11.2. The molecule has 1 heterocycles. The standard InChI is InChI=1S/C14H16N4/c15-8-10-9-17-13(18-12(10)16)14(6-7-14)11-4-2-1-3-5-11/h1-5,9H,6-8,15H2,(H2,16,17,18). The summed E-state index contributed by atoms with van der Waals surface area (Å²) in [4.78, 5) is 8.89. The molecule has 18 heavy (non-hydrogen) atoms. The van der Waals surface area contributed by atoms with E-state index in [1.54, 1.807) is 6.20 Å². The van der Waals surface area contributed by atoms with Crippen molar-refractivity contribution in [2.75, 3.05) is 5.73 Å². The van der Waals surface area contributed by atoms with Crippen molar-refractivity contribution in [3.63, 3.8) is 0 Å². The van der Waals surface area contributed by atoms with Crippen LogP contribution in [0.15, 0.2) is 36.5 Å². The number of nitrogen functional groups attached to an aromatic ring is 1. The maximum absolute atomic E-state index is 5.90. The summed E-state index contributed by atoms with van der Waals surface area (Å²) in [7, 11) is 0. The van der Waals surface area contributed by atoms with Gasteiger partial charge in [0.15, 0.2) is 0 Å². The molecular weight excluding hydrogens is 224 g/mol. The van der Waals surface area contributed by atoms with Crippen molar-refractivity contribution in [2.45, 2.75) is 24.8 Å². The predicted octanol–water partition coefficient (Wildman–Crippen LogP) is 1.60. The monoisotopic (exact) mass is 240 g/mol. The van der Waals surface area contributed by atoms with Gasteiger partial charge in [-0.3, -0.25) is 0 Å². The number of hydrogen-bond acceptors (Lipinski definition) is 4. The average molecular weight is 240 g/mol. The van der Waals surface area contributed by atoms with Crippen LogP contribution in [-0.2, 0) is 12.0 Å². The third-order valence-electron chi connectivity index (χ3n) is 3.62. The zero-order valence-corrected chi connectivity index (χ0v) is 10.1. The van der Waals surface area contributed by atoms with Gasteiger partial charge >= 0.3 is 0 Å². The number of anilines is 1. The van der Waals surface area contributed by atoms with E-state index < -0.39 is 0 Å². The van der Waals surface area contributed by atoms with Crippen LogP contribution in [0, 0.1) is 0 Å². The number of rotatable bonds is 3. The second kappa shape index (κ2) is 4.07. The Morgan fingerprint density at radius 2 is 1.89 bits per heavy atom. The van der Waals surface area contributed by atoms with Crippen molar-refractivity contribution < 1.29 is 0 Å². The molecule has 0 spiro atoms. The van der Waals surface area contributed by atoms with Gasteiger partial charge in [-0.1, -0.05) is 30.3 Å². The fraction of sp³-hybridized carbons (Fsp3) is 0.286. The minimum absolute atomic E-state index is 0.0253. The van der Waals surface area contributed by atoms with Gasteiger partial charge in [-0.15, -0.1) is 0 Å². The normalized spacial score (nSPS) is 16.5. The Bertz CT molecular complexity index is 561. The topological polar surface area (TPSA) is 77.8 Å². The summed E-state index contributed by atoms with van der Waals surface area (Å²) in [6.07, 6.45) is 3.91. The van der Waals surface area contributed by atoms with E-state index in [2.05, 4.69) is 22.1 Å². The zero-order valence-electron chi connectivity index (χ0n) is 10.1. The van der Waals surface area contributed by atoms with Crippen molar-refractivity contribution in [2.24, 2.45) is 5.73 Å². The van der Waals surface area contributed by atoms with Crippen LogP contribution < -0.4 is 11.5 Å². The predicted molar refractivity (Wildman–Crippen MR) is 70.8 cm³/mol. The molecule has 1 aromatic heterocycles. The highest BCUT2D eigenvalue weighted by molar-refractivity contribution is 5.44. The summed E-state index contributed by atoms with van der Waals surface area (Å²) in [5, 5.41) is 0. The molecule has 1 aliphatic rings. The number of nitrogens with zero attached hydrogens (tertiary/aromatic N) is 2. The van der Waals surface area contributed by atoms with Crippen molar-refractivity contribution in [3.05, 3.63) is 53.5 Å². The molecule has 1 fully saturated rings. The lowest BCUT2D eigenvalue weighted by atomic mass is 9.95. The van der Waals surface area contributed by atoms with E-state index in [9.17, 15) is 0 Å². The minimum atomic E-state index is -0.0253. The van der Waals surface area contributed by atoms with Crippen LogP contribution in [-0.4, -0.2) is 9.97 Å². The second-order valence-corrected chi connectivity index (χ2v) is 4.76. The average Bonchev–Trinajstić information content (AvgIpc) is 3.21.